The first-order valence-electron chi connectivity index (χ1n) is 7.91. The Labute approximate surface area is 166 Å². The summed E-state index contributed by atoms with van der Waals surface area (Å²) in [5.74, 6) is 0. The highest BCUT2D eigenvalue weighted by Crippen LogP contribution is 2.30. The minimum Gasteiger partial charge on any atom is -0.748 e. The summed E-state index contributed by atoms with van der Waals surface area (Å²) in [6.45, 7) is -3.67. The SMILES string of the molecule is CS(=O)(=O)[O-].FC(F)F.c1ccc([S+](c2ccccc2)c2ccccc2)cc1. The van der Waals surface area contributed by atoms with Crippen LogP contribution in [0.15, 0.2) is 106 Å². The predicted octanol–water partition coefficient (Wildman–Crippen LogP) is 5.12. The summed E-state index contributed by atoms with van der Waals surface area (Å²) >= 11 is 0. The van der Waals surface area contributed by atoms with E-state index in [2.05, 4.69) is 91.0 Å². The largest absolute Gasteiger partial charge is 0.748 e. The third-order valence-electron chi connectivity index (χ3n) is 2.94. The van der Waals surface area contributed by atoms with Crippen molar-refractivity contribution in [3.05, 3.63) is 91.0 Å². The van der Waals surface area contributed by atoms with Gasteiger partial charge in [-0.05, 0) is 36.4 Å². The lowest BCUT2D eigenvalue weighted by Crippen LogP contribution is -2.04. The zero-order valence-electron chi connectivity index (χ0n) is 14.9. The first kappa shape index (κ1) is 23.7. The molecule has 3 aromatic carbocycles. The van der Waals surface area contributed by atoms with Gasteiger partial charge in [0, 0.05) is 6.26 Å². The quantitative estimate of drug-likeness (QED) is 0.430. The van der Waals surface area contributed by atoms with Crippen molar-refractivity contribution in [2.75, 3.05) is 6.26 Å². The molecule has 0 bridgehead atoms. The molecule has 0 heterocycles. The molecule has 0 atom stereocenters. The van der Waals surface area contributed by atoms with Crippen molar-refractivity contribution in [3.8, 4) is 0 Å². The minimum atomic E-state index is -3.92. The predicted molar refractivity (Wildman–Crippen MR) is 104 cm³/mol. The van der Waals surface area contributed by atoms with E-state index < -0.39 is 16.8 Å². The fraction of sp³-hybridized carbons (Fsp3) is 0.100. The summed E-state index contributed by atoms with van der Waals surface area (Å²) in [6.07, 6.45) is 0.604. The van der Waals surface area contributed by atoms with E-state index in [1.165, 1.54) is 14.7 Å². The van der Waals surface area contributed by atoms with Crippen LogP contribution in [0.25, 0.3) is 0 Å². The topological polar surface area (TPSA) is 57.2 Å². The van der Waals surface area contributed by atoms with E-state index in [0.717, 1.165) is 0 Å². The van der Waals surface area contributed by atoms with Gasteiger partial charge in [-0.3, -0.25) is 0 Å². The molecule has 0 saturated carbocycles. The van der Waals surface area contributed by atoms with Crippen LogP contribution in [0.5, 0.6) is 0 Å². The van der Waals surface area contributed by atoms with Gasteiger partial charge in [0.15, 0.2) is 14.7 Å². The molecule has 0 unspecified atom stereocenters. The van der Waals surface area contributed by atoms with E-state index in [1.54, 1.807) is 0 Å². The molecule has 3 nitrogen and oxygen atoms in total. The van der Waals surface area contributed by atoms with Crippen molar-refractivity contribution in [1.82, 2.24) is 0 Å². The molecule has 0 aliphatic heterocycles. The first-order chi connectivity index (χ1) is 13.2. The van der Waals surface area contributed by atoms with E-state index in [0.29, 0.717) is 6.26 Å². The van der Waals surface area contributed by atoms with E-state index in [1.807, 2.05) is 0 Å². The standard InChI is InChI=1S/C18H15S.CHF3.CH4O3S/c1-4-10-16(11-5-1)19(17-12-6-2-7-13-17)18-14-8-3-9-15-18;2-1(3)4;1-5(2,3)4/h1-15H;1H;1H3,(H,2,3,4)/q+1;;/p-1. The zero-order valence-corrected chi connectivity index (χ0v) is 16.5. The van der Waals surface area contributed by atoms with E-state index in [4.69, 9.17) is 13.0 Å². The van der Waals surface area contributed by atoms with Crippen LogP contribution in [0.2, 0.25) is 0 Å². The van der Waals surface area contributed by atoms with Gasteiger partial charge < -0.3 is 4.55 Å². The van der Waals surface area contributed by atoms with Crippen LogP contribution in [0.4, 0.5) is 13.2 Å². The van der Waals surface area contributed by atoms with E-state index in [-0.39, 0.29) is 10.9 Å². The van der Waals surface area contributed by atoms with Gasteiger partial charge >= 0.3 is 6.68 Å². The minimum absolute atomic E-state index is 0.0146. The number of rotatable bonds is 3. The monoisotopic (exact) mass is 428 g/mol. The summed E-state index contributed by atoms with van der Waals surface area (Å²) in [7, 11) is -3.93. The van der Waals surface area contributed by atoms with Crippen molar-refractivity contribution in [1.29, 1.82) is 0 Å². The lowest BCUT2D eigenvalue weighted by molar-refractivity contribution is 0.00819. The maximum absolute atomic E-state index is 9.67. The second-order valence-corrected chi connectivity index (χ2v) is 8.63. The van der Waals surface area contributed by atoms with Gasteiger partial charge in [-0.1, -0.05) is 54.6 Å². The third kappa shape index (κ3) is 10.8. The van der Waals surface area contributed by atoms with E-state index in [9.17, 15) is 13.2 Å². The molecule has 3 aromatic rings. The summed E-state index contributed by atoms with van der Waals surface area (Å²) in [4.78, 5) is 4.08. The first-order valence-corrected chi connectivity index (χ1v) is 10.9. The molecule has 3 rings (SSSR count). The molecule has 150 valence electrons. The van der Waals surface area contributed by atoms with Crippen LogP contribution < -0.4 is 0 Å². The molecule has 0 fully saturated rings. The van der Waals surface area contributed by atoms with Crippen molar-refractivity contribution in [2.24, 2.45) is 0 Å². The second kappa shape index (κ2) is 12.2. The Morgan fingerprint density at radius 3 is 1.04 bits per heavy atom. The van der Waals surface area contributed by atoms with Gasteiger partial charge in [0.2, 0.25) is 0 Å². The molecular formula is C20H19F3O3S2. The van der Waals surface area contributed by atoms with Gasteiger partial charge in [-0.2, -0.15) is 13.2 Å². The molecule has 28 heavy (non-hydrogen) atoms. The van der Waals surface area contributed by atoms with Gasteiger partial charge in [0.25, 0.3) is 0 Å². The molecule has 0 aromatic heterocycles. The average molecular weight is 428 g/mol. The number of hydrogen-bond acceptors (Lipinski definition) is 3. The van der Waals surface area contributed by atoms with E-state index >= 15 is 0 Å². The van der Waals surface area contributed by atoms with Crippen molar-refractivity contribution in [2.45, 2.75) is 21.4 Å². The Hall–Kier alpha value is -2.29. The average Bonchev–Trinajstić information content (AvgIpc) is 2.63. The highest BCUT2D eigenvalue weighted by atomic mass is 32.2. The van der Waals surface area contributed by atoms with Crippen LogP contribution in [0.1, 0.15) is 0 Å². The van der Waals surface area contributed by atoms with Crippen LogP contribution in [0.3, 0.4) is 0 Å². The third-order valence-corrected chi connectivity index (χ3v) is 5.17. The fourth-order valence-corrected chi connectivity index (χ4v) is 4.18. The van der Waals surface area contributed by atoms with Crippen LogP contribution in [-0.2, 0) is 21.0 Å². The summed E-state index contributed by atoms with van der Waals surface area (Å²) < 4.78 is 56.2. The van der Waals surface area contributed by atoms with Crippen molar-refractivity contribution in [3.63, 3.8) is 0 Å². The summed E-state index contributed by atoms with van der Waals surface area (Å²) in [5, 5.41) is 0. The summed E-state index contributed by atoms with van der Waals surface area (Å²) in [6, 6.07) is 32.2. The second-order valence-electron chi connectivity index (χ2n) is 5.20. The lowest BCUT2D eigenvalue weighted by Gasteiger charge is -2.07. The molecule has 0 N–H and O–H groups in total. The molecule has 0 aliphatic carbocycles. The van der Waals surface area contributed by atoms with Crippen LogP contribution >= 0.6 is 0 Å². The Balaban J connectivity index is 0.000000369. The molecule has 0 spiro atoms. The zero-order chi connectivity index (χ0) is 21.0. The van der Waals surface area contributed by atoms with Crippen LogP contribution in [-0.4, -0.2) is 25.9 Å². The van der Waals surface area contributed by atoms with Gasteiger partial charge in [0.1, 0.15) is 0 Å². The van der Waals surface area contributed by atoms with Gasteiger partial charge in [0.05, 0.1) is 21.0 Å². The van der Waals surface area contributed by atoms with Gasteiger partial charge in [-0.25, -0.2) is 8.42 Å². The highest BCUT2D eigenvalue weighted by molar-refractivity contribution is 7.97. The Bertz CT molecular complexity index is 787. The lowest BCUT2D eigenvalue weighted by atomic mass is 10.4. The Morgan fingerprint density at radius 2 is 0.857 bits per heavy atom. The maximum Gasteiger partial charge on any atom is 0.379 e. The number of alkyl halides is 3. The normalized spacial score (nSPS) is 10.5. The van der Waals surface area contributed by atoms with Crippen molar-refractivity contribution >= 4 is 21.0 Å². The maximum atomic E-state index is 9.67. The number of hydrogen-bond donors (Lipinski definition) is 0. The van der Waals surface area contributed by atoms with Crippen LogP contribution in [0, 0.1) is 0 Å². The number of benzene rings is 3. The number of halogens is 3. The smallest absolute Gasteiger partial charge is 0.379 e. The molecule has 0 saturated heterocycles. The van der Waals surface area contributed by atoms with Gasteiger partial charge in [-0.15, -0.1) is 0 Å². The molecule has 8 heteroatoms. The van der Waals surface area contributed by atoms with Crippen molar-refractivity contribution < 1.29 is 26.1 Å². The Kier molecular flexibility index (Phi) is 10.4. The molecule has 0 radical (unpaired) electrons. The molecular weight excluding hydrogens is 409 g/mol. The Morgan fingerprint density at radius 1 is 0.679 bits per heavy atom. The fourth-order valence-electron chi connectivity index (χ4n) is 2.08. The molecule has 0 amide bonds. The summed E-state index contributed by atoms with van der Waals surface area (Å²) in [5.41, 5.74) is 0. The molecule has 0 aliphatic rings. The highest BCUT2D eigenvalue weighted by Gasteiger charge is 2.27.